The first-order chi connectivity index (χ1) is 10.1. The van der Waals surface area contributed by atoms with E-state index in [4.69, 9.17) is 0 Å². The van der Waals surface area contributed by atoms with E-state index in [1.54, 1.807) is 0 Å². The van der Waals surface area contributed by atoms with Gasteiger partial charge in [-0.25, -0.2) is 0 Å². The first kappa shape index (κ1) is 17.6. The number of para-hydroxylation sites is 1. The molecule has 0 radical (unpaired) electrons. The van der Waals surface area contributed by atoms with Gasteiger partial charge in [-0.15, -0.1) is 11.8 Å². The summed E-state index contributed by atoms with van der Waals surface area (Å²) < 4.78 is 0. The fourth-order valence-electron chi connectivity index (χ4n) is 1.87. The second-order valence-corrected chi connectivity index (χ2v) is 6.13. The Balaban J connectivity index is 2.78. The molecule has 0 fully saturated rings. The van der Waals surface area contributed by atoms with E-state index in [0.29, 0.717) is 18.5 Å². The number of nitrogens with one attached hydrogen (secondary N) is 1. The molecule has 0 saturated heterocycles. The van der Waals surface area contributed by atoms with E-state index < -0.39 is 11.2 Å². The van der Waals surface area contributed by atoms with Crippen molar-refractivity contribution >= 4 is 29.3 Å². The van der Waals surface area contributed by atoms with E-state index in [9.17, 15) is 14.7 Å². The first-order valence-corrected chi connectivity index (χ1v) is 8.24. The number of rotatable bonds is 9. The number of aliphatic carboxylic acids is 1. The Bertz CT molecular complexity index is 476. The molecular formula is C16H23NO3S. The van der Waals surface area contributed by atoms with Crippen LogP contribution in [0.25, 0.3) is 0 Å². The van der Waals surface area contributed by atoms with Crippen LogP contribution in [0.15, 0.2) is 29.2 Å². The average molecular weight is 309 g/mol. The minimum Gasteiger partial charge on any atom is -0.480 e. The average Bonchev–Trinajstić information content (AvgIpc) is 2.46. The monoisotopic (exact) mass is 309 g/mol. The standard InChI is InChI=1S/C16H23NO3S/c1-3-5-11-15(18)17-12-9-6-7-10-13(12)21-14(8-4-2)16(19)20/h6-7,9-10,14H,3-5,8,11H2,1-2H3,(H,17,18)(H,19,20). The van der Waals surface area contributed by atoms with Gasteiger partial charge in [0.15, 0.2) is 0 Å². The highest BCUT2D eigenvalue weighted by molar-refractivity contribution is 8.00. The SMILES string of the molecule is CCCCC(=O)Nc1ccccc1SC(CCC)C(=O)O. The molecule has 0 aliphatic rings. The lowest BCUT2D eigenvalue weighted by atomic mass is 10.2. The Kier molecular flexibility index (Phi) is 7.90. The number of carboxylic acid groups (broad SMARTS) is 1. The van der Waals surface area contributed by atoms with Crippen molar-refractivity contribution in [1.82, 2.24) is 0 Å². The number of thioether (sulfide) groups is 1. The molecule has 0 aliphatic heterocycles. The van der Waals surface area contributed by atoms with Gasteiger partial charge in [-0.05, 0) is 25.0 Å². The molecule has 0 bridgehead atoms. The zero-order chi connectivity index (χ0) is 15.7. The Morgan fingerprint density at radius 1 is 1.24 bits per heavy atom. The molecule has 2 N–H and O–H groups in total. The lowest BCUT2D eigenvalue weighted by Gasteiger charge is -2.14. The number of carbonyl (C=O) groups excluding carboxylic acids is 1. The molecule has 0 saturated carbocycles. The van der Waals surface area contributed by atoms with Gasteiger partial charge in [0, 0.05) is 11.3 Å². The van der Waals surface area contributed by atoms with Crippen LogP contribution in [0, 0.1) is 0 Å². The van der Waals surface area contributed by atoms with Gasteiger partial charge in [-0.2, -0.15) is 0 Å². The maximum absolute atomic E-state index is 11.8. The largest absolute Gasteiger partial charge is 0.480 e. The second kappa shape index (κ2) is 9.45. The molecule has 1 rings (SSSR count). The van der Waals surface area contributed by atoms with Crippen LogP contribution in [0.5, 0.6) is 0 Å². The number of unbranched alkanes of at least 4 members (excludes halogenated alkanes) is 1. The summed E-state index contributed by atoms with van der Waals surface area (Å²) in [5.74, 6) is -0.832. The number of carbonyl (C=O) groups is 2. The molecule has 0 spiro atoms. The number of carboxylic acids is 1. The zero-order valence-corrected chi connectivity index (χ0v) is 13.4. The van der Waals surface area contributed by atoms with Gasteiger partial charge in [0.2, 0.25) is 5.91 Å². The summed E-state index contributed by atoms with van der Waals surface area (Å²) in [6.07, 6.45) is 3.75. The van der Waals surface area contributed by atoms with Gasteiger partial charge >= 0.3 is 5.97 Å². The molecule has 1 unspecified atom stereocenters. The summed E-state index contributed by atoms with van der Waals surface area (Å²) in [5, 5.41) is 11.6. The van der Waals surface area contributed by atoms with Crippen LogP contribution < -0.4 is 5.32 Å². The zero-order valence-electron chi connectivity index (χ0n) is 12.6. The molecule has 1 amide bonds. The molecule has 1 aromatic rings. The van der Waals surface area contributed by atoms with Crippen molar-refractivity contribution in [3.63, 3.8) is 0 Å². The van der Waals surface area contributed by atoms with E-state index in [2.05, 4.69) is 5.32 Å². The fraction of sp³-hybridized carbons (Fsp3) is 0.500. The highest BCUT2D eigenvalue weighted by Gasteiger charge is 2.19. The second-order valence-electron chi connectivity index (χ2n) is 4.88. The van der Waals surface area contributed by atoms with Crippen LogP contribution in [0.1, 0.15) is 46.0 Å². The molecular weight excluding hydrogens is 286 g/mol. The molecule has 1 aromatic carbocycles. The van der Waals surface area contributed by atoms with Crippen LogP contribution in [0.3, 0.4) is 0 Å². The number of hydrogen-bond donors (Lipinski definition) is 2. The Hall–Kier alpha value is -1.49. The van der Waals surface area contributed by atoms with Gasteiger partial charge in [0.25, 0.3) is 0 Å². The highest BCUT2D eigenvalue weighted by Crippen LogP contribution is 2.32. The Labute approximate surface area is 130 Å². The van der Waals surface area contributed by atoms with Crippen molar-refractivity contribution in [3.8, 4) is 0 Å². The Morgan fingerprint density at radius 2 is 1.95 bits per heavy atom. The molecule has 5 heteroatoms. The van der Waals surface area contributed by atoms with E-state index in [0.717, 1.165) is 24.2 Å². The van der Waals surface area contributed by atoms with Crippen molar-refractivity contribution in [2.24, 2.45) is 0 Å². The molecule has 1 atom stereocenters. The normalized spacial score (nSPS) is 11.9. The van der Waals surface area contributed by atoms with Crippen LogP contribution in [0.4, 0.5) is 5.69 Å². The highest BCUT2D eigenvalue weighted by atomic mass is 32.2. The summed E-state index contributed by atoms with van der Waals surface area (Å²) >= 11 is 1.30. The van der Waals surface area contributed by atoms with E-state index in [1.165, 1.54) is 11.8 Å². The van der Waals surface area contributed by atoms with Crippen molar-refractivity contribution < 1.29 is 14.7 Å². The third kappa shape index (κ3) is 6.21. The number of amides is 1. The van der Waals surface area contributed by atoms with Crippen LogP contribution in [-0.2, 0) is 9.59 Å². The van der Waals surface area contributed by atoms with E-state index in [-0.39, 0.29) is 5.91 Å². The van der Waals surface area contributed by atoms with Gasteiger partial charge < -0.3 is 10.4 Å². The lowest BCUT2D eigenvalue weighted by Crippen LogP contribution is -2.17. The quantitative estimate of drug-likeness (QED) is 0.672. The number of benzene rings is 1. The third-order valence-corrected chi connectivity index (χ3v) is 4.35. The van der Waals surface area contributed by atoms with Crippen LogP contribution in [0.2, 0.25) is 0 Å². The topological polar surface area (TPSA) is 66.4 Å². The molecule has 4 nitrogen and oxygen atoms in total. The van der Waals surface area contributed by atoms with E-state index in [1.807, 2.05) is 38.1 Å². The summed E-state index contributed by atoms with van der Waals surface area (Å²) in [5.41, 5.74) is 0.700. The predicted octanol–water partition coefficient (Wildman–Crippen LogP) is 4.16. The van der Waals surface area contributed by atoms with Gasteiger partial charge in [-0.3, -0.25) is 9.59 Å². The van der Waals surface area contributed by atoms with Gasteiger partial charge in [0.1, 0.15) is 5.25 Å². The first-order valence-electron chi connectivity index (χ1n) is 7.36. The number of anilines is 1. The van der Waals surface area contributed by atoms with Gasteiger partial charge in [0.05, 0.1) is 5.69 Å². The summed E-state index contributed by atoms with van der Waals surface area (Å²) in [4.78, 5) is 23.9. The predicted molar refractivity (Wildman–Crippen MR) is 86.8 cm³/mol. The minimum absolute atomic E-state index is 0.0210. The summed E-state index contributed by atoms with van der Waals surface area (Å²) in [7, 11) is 0. The van der Waals surface area contributed by atoms with Crippen molar-refractivity contribution in [3.05, 3.63) is 24.3 Å². The van der Waals surface area contributed by atoms with Crippen molar-refractivity contribution in [2.75, 3.05) is 5.32 Å². The lowest BCUT2D eigenvalue weighted by molar-refractivity contribution is -0.136. The molecule has 0 aromatic heterocycles. The van der Waals surface area contributed by atoms with E-state index >= 15 is 0 Å². The molecule has 0 heterocycles. The maximum atomic E-state index is 11.8. The molecule has 0 aliphatic carbocycles. The Morgan fingerprint density at radius 3 is 2.57 bits per heavy atom. The molecule has 21 heavy (non-hydrogen) atoms. The van der Waals surface area contributed by atoms with Crippen LogP contribution in [-0.4, -0.2) is 22.2 Å². The molecule has 116 valence electrons. The maximum Gasteiger partial charge on any atom is 0.316 e. The smallest absolute Gasteiger partial charge is 0.316 e. The summed E-state index contributed by atoms with van der Waals surface area (Å²) in [6.45, 7) is 4.01. The fourth-order valence-corrected chi connectivity index (χ4v) is 3.04. The summed E-state index contributed by atoms with van der Waals surface area (Å²) in [6, 6.07) is 7.37. The van der Waals surface area contributed by atoms with Crippen molar-refractivity contribution in [1.29, 1.82) is 0 Å². The van der Waals surface area contributed by atoms with Crippen molar-refractivity contribution in [2.45, 2.75) is 56.1 Å². The van der Waals surface area contributed by atoms with Gasteiger partial charge in [-0.1, -0.05) is 38.8 Å². The minimum atomic E-state index is -0.811. The van der Waals surface area contributed by atoms with Crippen LogP contribution >= 0.6 is 11.8 Å². The third-order valence-electron chi connectivity index (χ3n) is 3.01. The number of hydrogen-bond acceptors (Lipinski definition) is 3.